The fourth-order valence-electron chi connectivity index (χ4n) is 2.50. The molecule has 21 heavy (non-hydrogen) atoms. The molecular formula is C16H23N3OS. The molecule has 4 nitrogen and oxygen atoms in total. The van der Waals surface area contributed by atoms with E-state index >= 15 is 0 Å². The molecule has 5 heteroatoms. The summed E-state index contributed by atoms with van der Waals surface area (Å²) in [6.45, 7) is 2.61. The highest BCUT2D eigenvalue weighted by Crippen LogP contribution is 2.17. The van der Waals surface area contributed by atoms with Gasteiger partial charge in [0.15, 0.2) is 5.11 Å². The van der Waals surface area contributed by atoms with E-state index in [4.69, 9.17) is 17.0 Å². The summed E-state index contributed by atoms with van der Waals surface area (Å²) in [5.41, 5.74) is 3.82. The lowest BCUT2D eigenvalue weighted by Gasteiger charge is -2.23. The van der Waals surface area contributed by atoms with Crippen molar-refractivity contribution >= 4 is 23.5 Å². The van der Waals surface area contributed by atoms with Crippen molar-refractivity contribution in [2.75, 3.05) is 6.61 Å². The van der Waals surface area contributed by atoms with Crippen molar-refractivity contribution in [1.82, 2.24) is 10.7 Å². The predicted octanol–water partition coefficient (Wildman–Crippen LogP) is 3.22. The summed E-state index contributed by atoms with van der Waals surface area (Å²) in [7, 11) is 0. The smallest absolute Gasteiger partial charge is 0.187 e. The van der Waals surface area contributed by atoms with E-state index in [0.29, 0.717) is 17.8 Å². The Bertz CT molecular complexity index is 484. The Morgan fingerprint density at radius 3 is 2.86 bits per heavy atom. The van der Waals surface area contributed by atoms with Gasteiger partial charge < -0.3 is 10.1 Å². The number of rotatable bonds is 5. The van der Waals surface area contributed by atoms with Crippen LogP contribution in [0.15, 0.2) is 29.4 Å². The maximum Gasteiger partial charge on any atom is 0.187 e. The van der Waals surface area contributed by atoms with Crippen LogP contribution in [-0.2, 0) is 0 Å². The van der Waals surface area contributed by atoms with Crippen LogP contribution < -0.4 is 15.5 Å². The van der Waals surface area contributed by atoms with Crippen molar-refractivity contribution in [1.29, 1.82) is 0 Å². The van der Waals surface area contributed by atoms with Crippen LogP contribution in [0, 0.1) is 0 Å². The van der Waals surface area contributed by atoms with Crippen molar-refractivity contribution in [3.63, 3.8) is 0 Å². The summed E-state index contributed by atoms with van der Waals surface area (Å²) < 4.78 is 5.55. The Morgan fingerprint density at radius 1 is 1.33 bits per heavy atom. The summed E-state index contributed by atoms with van der Waals surface area (Å²) in [6, 6.07) is 8.30. The maximum atomic E-state index is 5.55. The molecule has 0 heterocycles. The molecule has 1 fully saturated rings. The van der Waals surface area contributed by atoms with E-state index in [0.717, 1.165) is 11.3 Å². The molecular weight excluding hydrogens is 282 g/mol. The second kappa shape index (κ2) is 8.62. The van der Waals surface area contributed by atoms with E-state index in [9.17, 15) is 0 Å². The SMILES string of the molecule is CCOc1ccccc1C=NNC(=S)NC1CCCCC1. The number of nitrogens with zero attached hydrogens (tertiary/aromatic N) is 1. The molecule has 1 aliphatic carbocycles. The van der Waals surface area contributed by atoms with Crippen LogP contribution in [-0.4, -0.2) is 24.0 Å². The fourth-order valence-corrected chi connectivity index (χ4v) is 2.72. The Morgan fingerprint density at radius 2 is 2.10 bits per heavy atom. The summed E-state index contributed by atoms with van der Waals surface area (Å²) >= 11 is 5.27. The highest BCUT2D eigenvalue weighted by molar-refractivity contribution is 7.80. The molecule has 1 aliphatic rings. The highest BCUT2D eigenvalue weighted by Gasteiger charge is 2.13. The third-order valence-corrected chi connectivity index (χ3v) is 3.74. The van der Waals surface area contributed by atoms with E-state index < -0.39 is 0 Å². The summed E-state index contributed by atoms with van der Waals surface area (Å²) in [5.74, 6) is 0.830. The highest BCUT2D eigenvalue weighted by atomic mass is 32.1. The average molecular weight is 305 g/mol. The van der Waals surface area contributed by atoms with Crippen LogP contribution in [0.2, 0.25) is 0 Å². The van der Waals surface area contributed by atoms with Gasteiger partial charge in [0.05, 0.1) is 12.8 Å². The third kappa shape index (κ3) is 5.34. The zero-order valence-corrected chi connectivity index (χ0v) is 13.3. The molecule has 0 unspecified atom stereocenters. The van der Waals surface area contributed by atoms with Gasteiger partial charge in [0.2, 0.25) is 0 Å². The van der Waals surface area contributed by atoms with Gasteiger partial charge in [0, 0.05) is 11.6 Å². The fraction of sp³-hybridized carbons (Fsp3) is 0.500. The zero-order chi connectivity index (χ0) is 14.9. The molecule has 0 aromatic heterocycles. The van der Waals surface area contributed by atoms with E-state index in [1.807, 2.05) is 31.2 Å². The Hall–Kier alpha value is -1.62. The molecule has 114 valence electrons. The minimum atomic E-state index is 0.490. The number of ether oxygens (including phenoxy) is 1. The third-order valence-electron chi connectivity index (χ3n) is 3.53. The van der Waals surface area contributed by atoms with Gasteiger partial charge in [-0.05, 0) is 44.1 Å². The Balaban J connectivity index is 1.82. The van der Waals surface area contributed by atoms with Crippen LogP contribution in [0.3, 0.4) is 0 Å². The van der Waals surface area contributed by atoms with Crippen molar-refractivity contribution in [3.8, 4) is 5.75 Å². The lowest BCUT2D eigenvalue weighted by atomic mass is 9.96. The number of hydrogen-bond acceptors (Lipinski definition) is 3. The number of hydrazone groups is 1. The molecule has 0 radical (unpaired) electrons. The summed E-state index contributed by atoms with van der Waals surface area (Å²) in [5, 5.41) is 8.10. The second-order valence-corrected chi connectivity index (χ2v) is 5.56. The van der Waals surface area contributed by atoms with Gasteiger partial charge in [-0.3, -0.25) is 5.43 Å². The topological polar surface area (TPSA) is 45.6 Å². The van der Waals surface area contributed by atoms with Gasteiger partial charge in [-0.2, -0.15) is 5.10 Å². The number of nitrogens with one attached hydrogen (secondary N) is 2. The van der Waals surface area contributed by atoms with Crippen LogP contribution in [0.25, 0.3) is 0 Å². The van der Waals surface area contributed by atoms with Gasteiger partial charge in [0.1, 0.15) is 5.75 Å². The normalized spacial score (nSPS) is 15.9. The largest absolute Gasteiger partial charge is 0.493 e. The van der Waals surface area contributed by atoms with Crippen LogP contribution in [0.5, 0.6) is 5.75 Å². The monoisotopic (exact) mass is 305 g/mol. The van der Waals surface area contributed by atoms with E-state index in [1.54, 1.807) is 6.21 Å². The average Bonchev–Trinajstić information content (AvgIpc) is 2.50. The molecule has 0 atom stereocenters. The minimum Gasteiger partial charge on any atom is -0.493 e. The minimum absolute atomic E-state index is 0.490. The van der Waals surface area contributed by atoms with Gasteiger partial charge in [-0.15, -0.1) is 0 Å². The molecule has 0 spiro atoms. The van der Waals surface area contributed by atoms with Gasteiger partial charge in [0.25, 0.3) is 0 Å². The maximum absolute atomic E-state index is 5.55. The van der Waals surface area contributed by atoms with Gasteiger partial charge >= 0.3 is 0 Å². The molecule has 1 aromatic carbocycles. The quantitative estimate of drug-likeness (QED) is 0.498. The summed E-state index contributed by atoms with van der Waals surface area (Å²) in [6.07, 6.45) is 8.03. The summed E-state index contributed by atoms with van der Waals surface area (Å²) in [4.78, 5) is 0. The molecule has 0 amide bonds. The number of hydrogen-bond donors (Lipinski definition) is 2. The molecule has 1 aromatic rings. The first-order valence-corrected chi connectivity index (χ1v) is 8.02. The zero-order valence-electron chi connectivity index (χ0n) is 12.5. The number of benzene rings is 1. The standard InChI is InChI=1S/C16H23N3OS/c1-2-20-15-11-7-6-8-13(15)12-17-19-16(21)18-14-9-4-3-5-10-14/h6-8,11-12,14H,2-5,9-10H2,1H3,(H2,18,19,21). The van der Waals surface area contributed by atoms with Gasteiger partial charge in [-0.25, -0.2) is 0 Å². The molecule has 0 bridgehead atoms. The van der Waals surface area contributed by atoms with Crippen LogP contribution in [0.1, 0.15) is 44.6 Å². The lowest BCUT2D eigenvalue weighted by Crippen LogP contribution is -2.40. The Labute approximate surface area is 132 Å². The molecule has 0 saturated heterocycles. The van der Waals surface area contributed by atoms with Crippen molar-refractivity contribution < 1.29 is 4.74 Å². The first-order chi connectivity index (χ1) is 10.3. The van der Waals surface area contributed by atoms with Crippen LogP contribution >= 0.6 is 12.2 Å². The van der Waals surface area contributed by atoms with E-state index in [-0.39, 0.29) is 0 Å². The lowest BCUT2D eigenvalue weighted by molar-refractivity contribution is 0.340. The van der Waals surface area contributed by atoms with Crippen LogP contribution in [0.4, 0.5) is 0 Å². The molecule has 0 aliphatic heterocycles. The van der Waals surface area contributed by atoms with Gasteiger partial charge in [-0.1, -0.05) is 31.4 Å². The Kier molecular flexibility index (Phi) is 6.47. The van der Waals surface area contributed by atoms with Crippen molar-refractivity contribution in [3.05, 3.63) is 29.8 Å². The van der Waals surface area contributed by atoms with Crippen molar-refractivity contribution in [2.24, 2.45) is 5.10 Å². The molecule has 2 N–H and O–H groups in total. The first kappa shape index (κ1) is 15.8. The van der Waals surface area contributed by atoms with Crippen molar-refractivity contribution in [2.45, 2.75) is 45.1 Å². The molecule has 1 saturated carbocycles. The number of para-hydroxylation sites is 1. The predicted molar refractivity (Wildman–Crippen MR) is 90.9 cm³/mol. The van der Waals surface area contributed by atoms with E-state index in [1.165, 1.54) is 32.1 Å². The second-order valence-electron chi connectivity index (χ2n) is 5.15. The van der Waals surface area contributed by atoms with E-state index in [2.05, 4.69) is 15.8 Å². The number of thiocarbonyl (C=S) groups is 1. The first-order valence-electron chi connectivity index (χ1n) is 7.61. The molecule has 2 rings (SSSR count).